The van der Waals surface area contributed by atoms with Gasteiger partial charge in [-0.05, 0) is 90.8 Å². The second-order valence-electron chi connectivity index (χ2n) is 11.5. The van der Waals surface area contributed by atoms with E-state index >= 15 is 0 Å². The van der Waals surface area contributed by atoms with Gasteiger partial charge in [0.25, 0.3) is 0 Å². The van der Waals surface area contributed by atoms with Gasteiger partial charge in [-0.1, -0.05) is 92.0 Å². The maximum absolute atomic E-state index is 12.9. The smallest absolute Gasteiger partial charge is 0.453 e. The van der Waals surface area contributed by atoms with Gasteiger partial charge in [-0.15, -0.1) is 0 Å². The number of unbranched alkanes of at least 4 members (excludes halogenated alkanes) is 5. The molecule has 47 heavy (non-hydrogen) atoms. The summed E-state index contributed by atoms with van der Waals surface area (Å²) in [5.41, 5.74) is 5.61. The van der Waals surface area contributed by atoms with Crippen LogP contribution in [0.25, 0.3) is 11.1 Å². The third kappa shape index (κ3) is 13.2. The molecule has 3 rings (SSSR count). The monoisotopic (exact) mass is 679 g/mol. The Morgan fingerprint density at radius 2 is 1.30 bits per heavy atom. The molecule has 0 heterocycles. The summed E-state index contributed by atoms with van der Waals surface area (Å²) in [6.07, 6.45) is -0.816. The molecule has 0 saturated carbocycles. The topological polar surface area (TPSA) is 64.5 Å². The van der Waals surface area contributed by atoms with Gasteiger partial charge in [0.2, 0.25) is 0 Å². The van der Waals surface area contributed by atoms with Crippen LogP contribution in [0.3, 0.4) is 0 Å². The number of nitrogens with one attached hydrogen (secondary N) is 1. The number of rotatable bonds is 21. The van der Waals surface area contributed by atoms with E-state index in [0.717, 1.165) is 79.6 Å². The zero-order valence-corrected chi connectivity index (χ0v) is 27.8. The van der Waals surface area contributed by atoms with E-state index in [1.807, 2.05) is 42.5 Å². The van der Waals surface area contributed by atoms with Crippen molar-refractivity contribution < 1.29 is 36.3 Å². The average molecular weight is 680 g/mol. The molecule has 0 aliphatic heterocycles. The van der Waals surface area contributed by atoms with Gasteiger partial charge in [-0.3, -0.25) is 0 Å². The molecule has 0 aliphatic carbocycles. The van der Waals surface area contributed by atoms with Crippen molar-refractivity contribution in [1.29, 1.82) is 0 Å². The molecule has 0 saturated heterocycles. The molecule has 10 heteroatoms. The lowest BCUT2D eigenvalue weighted by molar-refractivity contribution is -0.284. The lowest BCUT2D eigenvalue weighted by Crippen LogP contribution is -2.36. The van der Waals surface area contributed by atoms with Crippen molar-refractivity contribution in [2.45, 2.75) is 76.8 Å². The molecular formula is C37H46F5NO3S. The second-order valence-corrected chi connectivity index (χ2v) is 13.2. The molecule has 2 N–H and O–H groups in total. The van der Waals surface area contributed by atoms with E-state index in [2.05, 4.69) is 36.5 Å². The number of hydrogen-bond acceptors (Lipinski definition) is 4. The number of aromatic hydroxyl groups is 1. The maximum Gasteiger partial charge on any atom is 0.453 e. The molecule has 1 atom stereocenters. The van der Waals surface area contributed by atoms with E-state index in [-0.39, 0.29) is 11.5 Å². The van der Waals surface area contributed by atoms with Crippen LogP contribution in [0.1, 0.15) is 81.4 Å². The Morgan fingerprint density at radius 1 is 0.723 bits per heavy atom. The minimum Gasteiger partial charge on any atom is -0.616 e. The summed E-state index contributed by atoms with van der Waals surface area (Å²) in [6, 6.07) is 25.7. The average Bonchev–Trinajstić information content (AvgIpc) is 3.05. The molecule has 0 amide bonds. The highest BCUT2D eigenvalue weighted by atomic mass is 32.2. The molecule has 0 spiro atoms. The first kappa shape index (κ1) is 38.4. The number of allylic oxidation sites excluding steroid dienone is 1. The standard InChI is InChI=1S/C37H46F5NO3S/c1-2-34(29-13-8-7-9-14-29)35(30-15-19-32(44)20-16-30)31-17-21-33(22-18-31)46-26-25-43-24-10-5-3-4-6-11-27-47(45)28-12-23-36(38,39)37(40,41)42/h7-9,13-22,43-44H,2-6,10-12,23-28H2,1H3/b35-34-. The number of phenols is 1. The number of hydrogen-bond donors (Lipinski definition) is 2. The molecule has 1 unspecified atom stereocenters. The van der Waals surface area contributed by atoms with Crippen molar-refractivity contribution in [3.05, 3.63) is 95.6 Å². The van der Waals surface area contributed by atoms with Gasteiger partial charge in [0.1, 0.15) is 29.6 Å². The fourth-order valence-corrected chi connectivity index (χ4v) is 6.51. The summed E-state index contributed by atoms with van der Waals surface area (Å²) in [5, 5.41) is 13.2. The summed E-state index contributed by atoms with van der Waals surface area (Å²) < 4.78 is 80.2. The summed E-state index contributed by atoms with van der Waals surface area (Å²) in [4.78, 5) is 0. The number of halogens is 5. The summed E-state index contributed by atoms with van der Waals surface area (Å²) in [7, 11) is 0. The van der Waals surface area contributed by atoms with Gasteiger partial charge in [0, 0.05) is 13.0 Å². The van der Waals surface area contributed by atoms with Crippen LogP contribution in [0.2, 0.25) is 0 Å². The van der Waals surface area contributed by atoms with Crippen LogP contribution in [-0.4, -0.2) is 53.0 Å². The Balaban J connectivity index is 1.31. The predicted octanol–water partition coefficient (Wildman–Crippen LogP) is 9.80. The third-order valence-electron chi connectivity index (χ3n) is 7.88. The molecule has 0 aromatic heterocycles. The minimum atomic E-state index is -5.55. The van der Waals surface area contributed by atoms with E-state index < -0.39 is 36.1 Å². The van der Waals surface area contributed by atoms with E-state index in [9.17, 15) is 31.6 Å². The van der Waals surface area contributed by atoms with Gasteiger partial charge < -0.3 is 19.7 Å². The molecular weight excluding hydrogens is 633 g/mol. The molecule has 0 radical (unpaired) electrons. The number of benzene rings is 3. The van der Waals surface area contributed by atoms with Crippen LogP contribution in [0.5, 0.6) is 11.5 Å². The van der Waals surface area contributed by atoms with Crippen molar-refractivity contribution >= 4 is 22.3 Å². The quantitative estimate of drug-likeness (QED) is 0.0509. The van der Waals surface area contributed by atoms with Gasteiger partial charge in [0.05, 0.1) is 0 Å². The summed E-state index contributed by atoms with van der Waals surface area (Å²) >= 11 is -1.36. The first-order valence-electron chi connectivity index (χ1n) is 16.3. The van der Waals surface area contributed by atoms with Crippen molar-refractivity contribution in [3.8, 4) is 11.5 Å². The molecule has 258 valence electrons. The summed E-state index contributed by atoms with van der Waals surface area (Å²) in [5.74, 6) is -3.48. The van der Waals surface area contributed by atoms with Gasteiger partial charge in [-0.25, -0.2) is 0 Å². The predicted molar refractivity (Wildman–Crippen MR) is 181 cm³/mol. The molecule has 0 aliphatic rings. The fraction of sp³-hybridized carbons (Fsp3) is 0.459. The highest BCUT2D eigenvalue weighted by Crippen LogP contribution is 2.39. The van der Waals surface area contributed by atoms with Crippen LogP contribution < -0.4 is 10.1 Å². The highest BCUT2D eigenvalue weighted by Gasteiger charge is 2.56. The zero-order valence-electron chi connectivity index (χ0n) is 27.0. The Hall–Kier alpha value is -3.08. The van der Waals surface area contributed by atoms with Crippen LogP contribution >= 0.6 is 0 Å². The Kier molecular flexibility index (Phi) is 16.1. The van der Waals surface area contributed by atoms with E-state index in [1.54, 1.807) is 12.1 Å². The lowest BCUT2D eigenvalue weighted by Gasteiger charge is -2.19. The number of ether oxygens (including phenoxy) is 1. The molecule has 3 aromatic carbocycles. The lowest BCUT2D eigenvalue weighted by atomic mass is 9.88. The van der Waals surface area contributed by atoms with Crippen LogP contribution in [0, 0.1) is 0 Å². The zero-order chi connectivity index (χ0) is 34.1. The minimum absolute atomic E-state index is 0.125. The molecule has 4 nitrogen and oxygen atoms in total. The van der Waals surface area contributed by atoms with Crippen LogP contribution in [0.15, 0.2) is 78.9 Å². The first-order valence-corrected chi connectivity index (χ1v) is 17.8. The normalized spacial score (nSPS) is 13.3. The van der Waals surface area contributed by atoms with E-state index in [0.29, 0.717) is 18.8 Å². The molecule has 3 aromatic rings. The van der Waals surface area contributed by atoms with Crippen molar-refractivity contribution in [2.24, 2.45) is 0 Å². The van der Waals surface area contributed by atoms with Gasteiger partial charge >= 0.3 is 12.1 Å². The van der Waals surface area contributed by atoms with Crippen LogP contribution in [0.4, 0.5) is 22.0 Å². The van der Waals surface area contributed by atoms with Crippen molar-refractivity contribution in [3.63, 3.8) is 0 Å². The fourth-order valence-electron chi connectivity index (χ4n) is 5.31. The molecule has 0 fully saturated rings. The molecule has 0 bridgehead atoms. The first-order chi connectivity index (χ1) is 22.5. The summed E-state index contributed by atoms with van der Waals surface area (Å²) in [6.45, 7) is 4.27. The third-order valence-corrected chi connectivity index (χ3v) is 9.37. The van der Waals surface area contributed by atoms with Crippen molar-refractivity contribution in [2.75, 3.05) is 31.2 Å². The van der Waals surface area contributed by atoms with Gasteiger partial charge in [0.15, 0.2) is 0 Å². The SMILES string of the molecule is CC/C(=C(\c1ccc(O)cc1)c1ccc(OCCNCCCCCCCC[S+]([O-])CCCC(F)(F)C(F)(F)F)cc1)c1ccccc1. The number of alkyl halides is 5. The Bertz CT molecular complexity index is 1330. The van der Waals surface area contributed by atoms with E-state index in [1.165, 1.54) is 5.57 Å². The Labute approximate surface area is 278 Å². The van der Waals surface area contributed by atoms with Gasteiger partial charge in [-0.2, -0.15) is 22.0 Å². The maximum atomic E-state index is 12.9. The number of phenolic OH excluding ortho intramolecular Hbond substituents is 1. The van der Waals surface area contributed by atoms with Crippen molar-refractivity contribution in [1.82, 2.24) is 5.32 Å². The highest BCUT2D eigenvalue weighted by molar-refractivity contribution is 7.91. The van der Waals surface area contributed by atoms with Crippen LogP contribution in [-0.2, 0) is 11.2 Å². The largest absolute Gasteiger partial charge is 0.616 e. The van der Waals surface area contributed by atoms with E-state index in [4.69, 9.17) is 4.74 Å². The Morgan fingerprint density at radius 3 is 1.91 bits per heavy atom. The second kappa shape index (κ2) is 19.7.